The van der Waals surface area contributed by atoms with Gasteiger partial charge in [0.05, 0.1) is 5.75 Å². The van der Waals surface area contributed by atoms with E-state index in [0.717, 1.165) is 33.2 Å². The number of carboxylic acid groups (broad SMARTS) is 1. The second-order valence-corrected chi connectivity index (χ2v) is 8.04. The number of fused-ring (bicyclic) bond motifs is 1. The summed E-state index contributed by atoms with van der Waals surface area (Å²) >= 11 is 0. The first-order valence-corrected chi connectivity index (χ1v) is 9.68. The highest BCUT2D eigenvalue weighted by molar-refractivity contribution is 5.99. The van der Waals surface area contributed by atoms with E-state index in [2.05, 4.69) is 24.0 Å². The molecule has 0 unspecified atom stereocenters. The second-order valence-electron chi connectivity index (χ2n) is 8.04. The van der Waals surface area contributed by atoms with Crippen molar-refractivity contribution in [1.82, 2.24) is 0 Å². The molecule has 29 heavy (non-hydrogen) atoms. The van der Waals surface area contributed by atoms with Gasteiger partial charge >= 0.3 is 0 Å². The maximum absolute atomic E-state index is 11.4. The highest BCUT2D eigenvalue weighted by Crippen LogP contribution is 2.46. The third kappa shape index (κ3) is 4.43. The number of rotatable bonds is 6. The minimum atomic E-state index is -1.56. The van der Waals surface area contributed by atoms with E-state index in [1.807, 2.05) is 69.3 Å². The molecule has 0 aromatic heterocycles. The van der Waals surface area contributed by atoms with Crippen LogP contribution in [-0.2, 0) is 18.4 Å². The Kier molecular flexibility index (Phi) is 5.92. The van der Waals surface area contributed by atoms with Crippen LogP contribution in [0, 0.1) is 0 Å². The van der Waals surface area contributed by atoms with Crippen molar-refractivity contribution >= 4 is 22.6 Å². The summed E-state index contributed by atoms with van der Waals surface area (Å²) in [6.07, 6.45) is 0.944. The lowest BCUT2D eigenvalue weighted by Crippen LogP contribution is -2.28. The fourth-order valence-electron chi connectivity index (χ4n) is 3.72. The minimum absolute atomic E-state index is 0.330. The number of benzene rings is 3. The summed E-state index contributed by atoms with van der Waals surface area (Å²) in [5.74, 6) is 0.330. The van der Waals surface area contributed by atoms with Crippen molar-refractivity contribution in [2.45, 2.75) is 39.2 Å². The van der Waals surface area contributed by atoms with Gasteiger partial charge in [-0.2, -0.15) is 0 Å². The van der Waals surface area contributed by atoms with Crippen molar-refractivity contribution in [2.24, 2.45) is 0 Å². The predicted octanol–water partition coefficient (Wildman–Crippen LogP) is 5.20. The third-order valence-corrected chi connectivity index (χ3v) is 4.87. The molecule has 0 saturated carbocycles. The molecule has 0 aliphatic heterocycles. The van der Waals surface area contributed by atoms with Gasteiger partial charge < -0.3 is 20.0 Å². The van der Waals surface area contributed by atoms with E-state index >= 15 is 0 Å². The number of carbonyl (C=O) groups is 1. The molecule has 1 N–H and O–H groups in total. The Balaban J connectivity index is 2.30. The molecule has 0 bridgehead atoms. The summed E-state index contributed by atoms with van der Waals surface area (Å²) in [4.78, 5) is 11.4. The lowest BCUT2D eigenvalue weighted by molar-refractivity contribution is -0.271. The van der Waals surface area contributed by atoms with Crippen LogP contribution in [0.15, 0.2) is 67.3 Å². The van der Waals surface area contributed by atoms with Gasteiger partial charge in [0.1, 0.15) is 0 Å². The van der Waals surface area contributed by atoms with Gasteiger partial charge in [0.25, 0.3) is 6.16 Å². The number of hydrogen-bond donors (Lipinski definition) is 1. The van der Waals surface area contributed by atoms with Gasteiger partial charge in [-0.05, 0) is 28.3 Å². The molecule has 3 rings (SSSR count). The average molecular weight is 388 g/mol. The average Bonchev–Trinajstić information content (AvgIpc) is 2.68. The van der Waals surface area contributed by atoms with E-state index < -0.39 is 6.16 Å². The molecule has 0 radical (unpaired) electrons. The molecule has 4 nitrogen and oxygen atoms in total. The van der Waals surface area contributed by atoms with Gasteiger partial charge in [-0.1, -0.05) is 81.4 Å². The number of allylic oxidation sites excluding steroid dienone is 1. The summed E-state index contributed by atoms with van der Waals surface area (Å²) in [7, 11) is 0. The first kappa shape index (κ1) is 20.5. The number of ether oxygens (including phenoxy) is 1. The molecular weight excluding hydrogens is 362 g/mol. The minimum Gasteiger partial charge on any atom is -0.513 e. The first-order chi connectivity index (χ1) is 13.8. The molecule has 0 atom stereocenters. The molecule has 0 spiro atoms. The SMILES string of the molecule is C=CCc1c(NCc2ccccc2)c(C(C)(C)C)c(OC(=O)[O-])c2ccccc12. The van der Waals surface area contributed by atoms with Crippen molar-refractivity contribution in [2.75, 3.05) is 5.32 Å². The molecule has 0 aliphatic rings. The van der Waals surface area contributed by atoms with Crippen molar-refractivity contribution in [3.63, 3.8) is 0 Å². The van der Waals surface area contributed by atoms with Crippen LogP contribution in [-0.4, -0.2) is 6.16 Å². The standard InChI is InChI=1S/C25H27NO3/c1-5-11-19-18-14-9-10-15-20(18)23(29-24(27)28)21(25(2,3)4)22(19)26-16-17-12-7-6-8-13-17/h5-10,12-15,26H,1,11,16H2,2-4H3,(H,27,28)/p-1. The van der Waals surface area contributed by atoms with Crippen LogP contribution >= 0.6 is 0 Å². The quantitative estimate of drug-likeness (QED) is 0.358. The molecule has 0 aliphatic carbocycles. The van der Waals surface area contributed by atoms with Gasteiger partial charge in [-0.3, -0.25) is 0 Å². The Morgan fingerprint density at radius 3 is 2.28 bits per heavy atom. The van der Waals surface area contributed by atoms with Crippen molar-refractivity contribution in [3.8, 4) is 5.75 Å². The smallest absolute Gasteiger partial charge is 0.257 e. The molecule has 0 amide bonds. The fraction of sp³-hybridized carbons (Fsp3) is 0.240. The summed E-state index contributed by atoms with van der Waals surface area (Å²) in [5.41, 5.74) is 3.53. The Hall–Kier alpha value is -3.27. The van der Waals surface area contributed by atoms with Crippen LogP contribution in [0.1, 0.15) is 37.5 Å². The van der Waals surface area contributed by atoms with Gasteiger partial charge in [0.15, 0.2) is 0 Å². The molecule has 0 saturated heterocycles. The molecule has 0 heterocycles. The largest absolute Gasteiger partial charge is 0.513 e. The highest BCUT2D eigenvalue weighted by Gasteiger charge is 2.27. The zero-order valence-corrected chi connectivity index (χ0v) is 17.1. The second kappa shape index (κ2) is 8.39. The lowest BCUT2D eigenvalue weighted by atomic mass is 9.80. The van der Waals surface area contributed by atoms with Crippen LogP contribution in [0.2, 0.25) is 0 Å². The Bertz CT molecular complexity index is 1030. The summed E-state index contributed by atoms with van der Waals surface area (Å²) < 4.78 is 5.25. The molecular formula is C25H26NO3-. The van der Waals surface area contributed by atoms with Crippen molar-refractivity contribution in [1.29, 1.82) is 0 Å². The first-order valence-electron chi connectivity index (χ1n) is 9.68. The predicted molar refractivity (Wildman–Crippen MR) is 116 cm³/mol. The van der Waals surface area contributed by atoms with Crippen LogP contribution < -0.4 is 15.2 Å². The van der Waals surface area contributed by atoms with Crippen LogP contribution in [0.5, 0.6) is 5.75 Å². The zero-order valence-electron chi connectivity index (χ0n) is 17.1. The van der Waals surface area contributed by atoms with E-state index in [9.17, 15) is 9.90 Å². The molecule has 3 aromatic carbocycles. The van der Waals surface area contributed by atoms with E-state index in [0.29, 0.717) is 18.7 Å². The number of nitrogens with one attached hydrogen (secondary N) is 1. The maximum atomic E-state index is 11.4. The Morgan fingerprint density at radius 1 is 1.07 bits per heavy atom. The van der Waals surface area contributed by atoms with Gasteiger partial charge in [-0.25, -0.2) is 0 Å². The third-order valence-electron chi connectivity index (χ3n) is 4.87. The highest BCUT2D eigenvalue weighted by atomic mass is 16.7. The van der Waals surface area contributed by atoms with E-state index in [1.165, 1.54) is 0 Å². The molecule has 4 heteroatoms. The van der Waals surface area contributed by atoms with Crippen LogP contribution in [0.3, 0.4) is 0 Å². The van der Waals surface area contributed by atoms with E-state index in [1.54, 1.807) is 0 Å². The topological polar surface area (TPSA) is 61.4 Å². The van der Waals surface area contributed by atoms with Crippen LogP contribution in [0.25, 0.3) is 10.8 Å². The summed E-state index contributed by atoms with van der Waals surface area (Å²) in [6.45, 7) is 10.7. The molecule has 3 aromatic rings. The molecule has 150 valence electrons. The van der Waals surface area contributed by atoms with Gasteiger partial charge in [-0.15, -0.1) is 6.58 Å². The normalized spacial score (nSPS) is 11.3. The summed E-state index contributed by atoms with van der Waals surface area (Å²) in [5, 5.41) is 16.7. The summed E-state index contributed by atoms with van der Waals surface area (Å²) in [6, 6.07) is 17.8. The maximum Gasteiger partial charge on any atom is 0.257 e. The number of carbonyl (C=O) groups excluding carboxylic acids is 1. The van der Waals surface area contributed by atoms with Gasteiger partial charge in [0, 0.05) is 23.2 Å². The van der Waals surface area contributed by atoms with E-state index in [-0.39, 0.29) is 5.41 Å². The lowest BCUT2D eigenvalue weighted by Gasteiger charge is -2.31. The number of hydrogen-bond acceptors (Lipinski definition) is 4. The van der Waals surface area contributed by atoms with Gasteiger partial charge in [0.2, 0.25) is 0 Å². The van der Waals surface area contributed by atoms with Crippen LogP contribution in [0.4, 0.5) is 10.5 Å². The van der Waals surface area contributed by atoms with Crippen molar-refractivity contribution in [3.05, 3.63) is 83.9 Å². The zero-order chi connectivity index (χ0) is 21.0. The Morgan fingerprint density at radius 2 is 1.69 bits per heavy atom. The number of anilines is 1. The monoisotopic (exact) mass is 388 g/mol. The molecule has 0 fully saturated rings. The van der Waals surface area contributed by atoms with Crippen molar-refractivity contribution < 1.29 is 14.6 Å². The Labute approximate surface area is 171 Å². The fourth-order valence-corrected chi connectivity index (χ4v) is 3.72. The van der Waals surface area contributed by atoms with E-state index in [4.69, 9.17) is 4.74 Å².